The molecule has 124 valence electrons. The topological polar surface area (TPSA) is 107 Å². The number of Topliss-reactive ketones (excluding diaryl/α,β-unsaturated/α-hetero) is 1. The van der Waals surface area contributed by atoms with E-state index >= 15 is 0 Å². The molecule has 24 heavy (non-hydrogen) atoms. The third-order valence-corrected chi connectivity index (χ3v) is 3.03. The highest BCUT2D eigenvalue weighted by Crippen LogP contribution is 2.10. The Morgan fingerprint density at radius 2 is 1.79 bits per heavy atom. The van der Waals surface area contributed by atoms with Crippen molar-refractivity contribution in [3.05, 3.63) is 58.0 Å². The molecule has 1 aromatic heterocycles. The van der Waals surface area contributed by atoms with Gasteiger partial charge in [-0.25, -0.2) is 9.48 Å². The maximum absolute atomic E-state index is 12.0. The highest BCUT2D eigenvalue weighted by molar-refractivity contribution is 5.99. The molecule has 0 unspecified atom stereocenters. The van der Waals surface area contributed by atoms with E-state index in [-0.39, 0.29) is 17.2 Å². The summed E-state index contributed by atoms with van der Waals surface area (Å²) in [6.07, 6.45) is 0. The van der Waals surface area contributed by atoms with E-state index < -0.39 is 18.4 Å². The summed E-state index contributed by atoms with van der Waals surface area (Å²) in [5.74, 6) is -1.41. The number of ketones is 1. The minimum absolute atomic E-state index is 0.0640. The number of carbonyl (C=O) groups excluding carboxylic acids is 3. The molecular formula is C16H15N3O5. The molecule has 0 saturated heterocycles. The van der Waals surface area contributed by atoms with Crippen molar-refractivity contribution in [3.8, 4) is 0 Å². The minimum atomic E-state index is -0.797. The number of esters is 1. The Balaban J connectivity index is 1.97. The molecule has 1 N–H and O–H groups in total. The van der Waals surface area contributed by atoms with E-state index in [2.05, 4.69) is 10.4 Å². The van der Waals surface area contributed by atoms with Gasteiger partial charge in [0, 0.05) is 31.3 Å². The van der Waals surface area contributed by atoms with Crippen molar-refractivity contribution < 1.29 is 19.1 Å². The lowest BCUT2D eigenvalue weighted by molar-refractivity contribution is -0.114. The highest BCUT2D eigenvalue weighted by Gasteiger charge is 2.14. The Morgan fingerprint density at radius 1 is 1.12 bits per heavy atom. The van der Waals surface area contributed by atoms with Gasteiger partial charge in [0.2, 0.25) is 5.91 Å². The summed E-state index contributed by atoms with van der Waals surface area (Å²) in [4.78, 5) is 45.9. The average molecular weight is 329 g/mol. The van der Waals surface area contributed by atoms with Crippen LogP contribution in [0.3, 0.4) is 0 Å². The van der Waals surface area contributed by atoms with Gasteiger partial charge in [-0.15, -0.1) is 0 Å². The normalized spacial score (nSPS) is 10.1. The van der Waals surface area contributed by atoms with Crippen LogP contribution in [0.25, 0.3) is 0 Å². The molecule has 1 heterocycles. The zero-order valence-corrected chi connectivity index (χ0v) is 13.1. The first-order chi connectivity index (χ1) is 11.4. The van der Waals surface area contributed by atoms with Gasteiger partial charge in [-0.3, -0.25) is 14.4 Å². The summed E-state index contributed by atoms with van der Waals surface area (Å²) in [5.41, 5.74) is 0.476. The monoisotopic (exact) mass is 329 g/mol. The summed E-state index contributed by atoms with van der Waals surface area (Å²) in [6, 6.07) is 8.61. The molecule has 2 rings (SSSR count). The fraction of sp³-hybridized carbons (Fsp3) is 0.188. The molecule has 0 spiro atoms. The van der Waals surface area contributed by atoms with Gasteiger partial charge in [0.05, 0.1) is 0 Å². The number of aromatic nitrogens is 2. The van der Waals surface area contributed by atoms with Gasteiger partial charge >= 0.3 is 5.97 Å². The summed E-state index contributed by atoms with van der Waals surface area (Å²) in [7, 11) is 1.40. The van der Waals surface area contributed by atoms with Crippen LogP contribution in [-0.2, 0) is 16.6 Å². The standard InChI is InChI=1S/C16H15N3O5/c1-10(20)17-12-5-3-11(4-6-12)14(21)9-24-16(23)13-7-8-15(22)19(2)18-13/h3-8H,9H2,1-2H3,(H,17,20). The van der Waals surface area contributed by atoms with Gasteiger partial charge in [0.15, 0.2) is 18.1 Å². The summed E-state index contributed by atoms with van der Waals surface area (Å²) < 4.78 is 5.90. The van der Waals surface area contributed by atoms with Crippen LogP contribution in [0.15, 0.2) is 41.2 Å². The van der Waals surface area contributed by atoms with Crippen molar-refractivity contribution in [1.82, 2.24) is 9.78 Å². The van der Waals surface area contributed by atoms with Crippen molar-refractivity contribution in [2.24, 2.45) is 7.05 Å². The van der Waals surface area contributed by atoms with Crippen molar-refractivity contribution >= 4 is 23.3 Å². The first-order valence-corrected chi connectivity index (χ1v) is 6.99. The number of nitrogens with one attached hydrogen (secondary N) is 1. The number of aryl methyl sites for hydroxylation is 1. The fourth-order valence-electron chi connectivity index (χ4n) is 1.84. The number of hydrogen-bond acceptors (Lipinski definition) is 6. The zero-order chi connectivity index (χ0) is 17.7. The second-order valence-corrected chi connectivity index (χ2v) is 4.94. The predicted octanol–water partition coefficient (Wildman–Crippen LogP) is 0.778. The van der Waals surface area contributed by atoms with Crippen LogP contribution in [0.1, 0.15) is 27.8 Å². The lowest BCUT2D eigenvalue weighted by Crippen LogP contribution is -2.23. The second-order valence-electron chi connectivity index (χ2n) is 4.94. The summed E-state index contributed by atoms with van der Waals surface area (Å²) in [5, 5.41) is 6.32. The molecule has 8 nitrogen and oxygen atoms in total. The van der Waals surface area contributed by atoms with Crippen LogP contribution in [0, 0.1) is 0 Å². The van der Waals surface area contributed by atoms with E-state index in [1.54, 1.807) is 12.1 Å². The zero-order valence-electron chi connectivity index (χ0n) is 13.1. The highest BCUT2D eigenvalue weighted by atomic mass is 16.5. The van der Waals surface area contributed by atoms with Crippen LogP contribution in [0.2, 0.25) is 0 Å². The Morgan fingerprint density at radius 3 is 2.38 bits per heavy atom. The van der Waals surface area contributed by atoms with Gasteiger partial charge in [-0.05, 0) is 30.3 Å². The van der Waals surface area contributed by atoms with E-state index in [1.807, 2.05) is 0 Å². The SMILES string of the molecule is CC(=O)Nc1ccc(C(=O)COC(=O)c2ccc(=O)n(C)n2)cc1. The Bertz CT molecular complexity index is 840. The number of amides is 1. The number of hydrogen-bond donors (Lipinski definition) is 1. The quantitative estimate of drug-likeness (QED) is 0.641. The maximum atomic E-state index is 12.0. The lowest BCUT2D eigenvalue weighted by Gasteiger charge is -2.06. The molecule has 0 aliphatic carbocycles. The Labute approximate surface area is 137 Å². The summed E-state index contributed by atoms with van der Waals surface area (Å²) >= 11 is 0. The number of ether oxygens (including phenoxy) is 1. The van der Waals surface area contributed by atoms with Crippen molar-refractivity contribution in [1.29, 1.82) is 0 Å². The summed E-state index contributed by atoms with van der Waals surface area (Å²) in [6.45, 7) is 0.925. The molecule has 0 fully saturated rings. The number of benzene rings is 1. The molecule has 0 saturated carbocycles. The first kappa shape index (κ1) is 17.1. The maximum Gasteiger partial charge on any atom is 0.359 e. The molecule has 8 heteroatoms. The average Bonchev–Trinajstić information content (AvgIpc) is 2.55. The van der Waals surface area contributed by atoms with Crippen LogP contribution in [0.4, 0.5) is 5.69 Å². The number of rotatable bonds is 5. The van der Waals surface area contributed by atoms with Crippen molar-refractivity contribution in [2.45, 2.75) is 6.92 Å². The van der Waals surface area contributed by atoms with Gasteiger partial charge in [0.25, 0.3) is 5.56 Å². The number of carbonyl (C=O) groups is 3. The van der Waals surface area contributed by atoms with Gasteiger partial charge in [0.1, 0.15) is 0 Å². The number of nitrogens with zero attached hydrogens (tertiary/aromatic N) is 2. The van der Waals surface area contributed by atoms with E-state index in [0.29, 0.717) is 11.3 Å². The van der Waals surface area contributed by atoms with E-state index in [1.165, 1.54) is 38.2 Å². The Kier molecular flexibility index (Phi) is 5.20. The fourth-order valence-corrected chi connectivity index (χ4v) is 1.84. The van der Waals surface area contributed by atoms with Crippen molar-refractivity contribution in [3.63, 3.8) is 0 Å². The first-order valence-electron chi connectivity index (χ1n) is 6.99. The molecule has 1 aromatic carbocycles. The molecule has 1 amide bonds. The number of anilines is 1. The van der Waals surface area contributed by atoms with Crippen LogP contribution < -0.4 is 10.9 Å². The minimum Gasteiger partial charge on any atom is -0.453 e. The molecule has 2 aromatic rings. The van der Waals surface area contributed by atoms with Gasteiger partial charge < -0.3 is 10.1 Å². The third kappa shape index (κ3) is 4.35. The second kappa shape index (κ2) is 7.32. The van der Waals surface area contributed by atoms with Crippen LogP contribution in [0.5, 0.6) is 0 Å². The third-order valence-electron chi connectivity index (χ3n) is 3.03. The molecular weight excluding hydrogens is 314 g/mol. The smallest absolute Gasteiger partial charge is 0.359 e. The van der Waals surface area contributed by atoms with E-state index in [4.69, 9.17) is 4.74 Å². The molecule has 0 aliphatic heterocycles. The van der Waals surface area contributed by atoms with Crippen LogP contribution >= 0.6 is 0 Å². The Hall–Kier alpha value is -3.29. The molecule has 0 radical (unpaired) electrons. The van der Waals surface area contributed by atoms with Gasteiger partial charge in [-0.2, -0.15) is 5.10 Å². The molecule has 0 aliphatic rings. The van der Waals surface area contributed by atoms with Crippen LogP contribution in [-0.4, -0.2) is 34.0 Å². The van der Waals surface area contributed by atoms with Gasteiger partial charge in [-0.1, -0.05) is 0 Å². The largest absolute Gasteiger partial charge is 0.453 e. The lowest BCUT2D eigenvalue weighted by atomic mass is 10.1. The predicted molar refractivity (Wildman–Crippen MR) is 84.8 cm³/mol. The molecule has 0 atom stereocenters. The van der Waals surface area contributed by atoms with Crippen molar-refractivity contribution in [2.75, 3.05) is 11.9 Å². The van der Waals surface area contributed by atoms with E-state index in [0.717, 1.165) is 4.68 Å². The van der Waals surface area contributed by atoms with E-state index in [9.17, 15) is 19.2 Å². The molecule has 0 bridgehead atoms.